The fourth-order valence-corrected chi connectivity index (χ4v) is 2.50. The number of rotatable bonds is 5. The molecule has 0 unspecified atom stereocenters. The molecule has 0 spiro atoms. The highest BCUT2D eigenvalue weighted by Crippen LogP contribution is 2.16. The first-order valence-corrected chi connectivity index (χ1v) is 6.86. The molecule has 0 saturated heterocycles. The molecule has 1 aromatic heterocycles. The molecule has 1 rings (SSSR count). The predicted octanol–water partition coefficient (Wildman–Crippen LogP) is 1.88. The summed E-state index contributed by atoms with van der Waals surface area (Å²) in [5.74, 6) is 0.880. The van der Waals surface area contributed by atoms with Crippen molar-refractivity contribution in [2.45, 2.75) is 33.6 Å². The van der Waals surface area contributed by atoms with Gasteiger partial charge in [-0.2, -0.15) is 0 Å². The summed E-state index contributed by atoms with van der Waals surface area (Å²) in [5.41, 5.74) is 1.16. The zero-order valence-electron chi connectivity index (χ0n) is 11.1. The molecule has 0 aromatic carbocycles. The first kappa shape index (κ1) is 14.0. The van der Waals surface area contributed by atoms with E-state index in [2.05, 4.69) is 41.4 Å². The molecule has 0 bridgehead atoms. The minimum absolute atomic E-state index is 0.880. The Labute approximate surface area is 108 Å². The van der Waals surface area contributed by atoms with Gasteiger partial charge in [0.2, 0.25) is 0 Å². The summed E-state index contributed by atoms with van der Waals surface area (Å²) in [5, 5.41) is 7.70. The van der Waals surface area contributed by atoms with E-state index in [4.69, 9.17) is 0 Å². The second-order valence-corrected chi connectivity index (χ2v) is 5.20. The molecule has 96 valence electrons. The Morgan fingerprint density at radius 2 is 2.00 bits per heavy atom. The Hall–Kier alpha value is -1.10. The van der Waals surface area contributed by atoms with Crippen LogP contribution in [0.15, 0.2) is 4.99 Å². The second kappa shape index (κ2) is 7.27. The third kappa shape index (κ3) is 4.73. The zero-order chi connectivity index (χ0) is 12.7. The van der Waals surface area contributed by atoms with Crippen LogP contribution in [0.25, 0.3) is 0 Å². The molecule has 4 nitrogen and oxygen atoms in total. The number of hydrogen-bond acceptors (Lipinski definition) is 3. The molecule has 0 aliphatic carbocycles. The van der Waals surface area contributed by atoms with Gasteiger partial charge in [-0.3, -0.25) is 4.99 Å². The van der Waals surface area contributed by atoms with Crippen molar-refractivity contribution < 1.29 is 0 Å². The van der Waals surface area contributed by atoms with Crippen molar-refractivity contribution in [1.82, 2.24) is 15.6 Å². The quantitative estimate of drug-likeness (QED) is 0.623. The summed E-state index contributed by atoms with van der Waals surface area (Å²) in [6, 6.07) is 0. The smallest absolute Gasteiger partial charge is 0.190 e. The van der Waals surface area contributed by atoms with E-state index in [-0.39, 0.29) is 0 Å². The van der Waals surface area contributed by atoms with E-state index in [1.165, 1.54) is 4.88 Å². The number of guanidine groups is 1. The molecule has 2 N–H and O–H groups in total. The van der Waals surface area contributed by atoms with E-state index in [1.54, 1.807) is 18.4 Å². The third-order valence-corrected chi connectivity index (χ3v) is 3.54. The van der Waals surface area contributed by atoms with E-state index in [9.17, 15) is 0 Å². The van der Waals surface area contributed by atoms with Gasteiger partial charge in [0.25, 0.3) is 0 Å². The Kier molecular flexibility index (Phi) is 5.97. The zero-order valence-corrected chi connectivity index (χ0v) is 11.9. The van der Waals surface area contributed by atoms with Crippen molar-refractivity contribution in [3.05, 3.63) is 15.6 Å². The van der Waals surface area contributed by atoms with Crippen LogP contribution < -0.4 is 10.6 Å². The summed E-state index contributed by atoms with van der Waals surface area (Å²) in [6.45, 7) is 8.12. The van der Waals surface area contributed by atoms with Gasteiger partial charge in [-0.1, -0.05) is 6.92 Å². The molecule has 1 aromatic rings. The van der Waals surface area contributed by atoms with Crippen LogP contribution >= 0.6 is 11.3 Å². The molecule has 1 heterocycles. The van der Waals surface area contributed by atoms with E-state index >= 15 is 0 Å². The van der Waals surface area contributed by atoms with Crippen molar-refractivity contribution in [1.29, 1.82) is 0 Å². The van der Waals surface area contributed by atoms with Crippen LogP contribution in [-0.2, 0) is 6.42 Å². The van der Waals surface area contributed by atoms with Gasteiger partial charge < -0.3 is 10.6 Å². The Balaban J connectivity index is 2.34. The normalized spacial score (nSPS) is 11.6. The molecular weight excluding hydrogens is 232 g/mol. The van der Waals surface area contributed by atoms with Gasteiger partial charge in [0.15, 0.2) is 5.96 Å². The lowest BCUT2D eigenvalue weighted by Crippen LogP contribution is -2.38. The van der Waals surface area contributed by atoms with Gasteiger partial charge in [-0.05, 0) is 20.3 Å². The lowest BCUT2D eigenvalue weighted by Gasteiger charge is -2.10. The van der Waals surface area contributed by atoms with Crippen LogP contribution in [0.1, 0.15) is 28.9 Å². The maximum absolute atomic E-state index is 4.42. The highest BCUT2D eigenvalue weighted by molar-refractivity contribution is 7.11. The van der Waals surface area contributed by atoms with Crippen LogP contribution in [0.2, 0.25) is 0 Å². The number of nitrogens with zero attached hydrogens (tertiary/aromatic N) is 2. The lowest BCUT2D eigenvalue weighted by atomic mass is 10.3. The van der Waals surface area contributed by atoms with Gasteiger partial charge in [0.1, 0.15) is 0 Å². The lowest BCUT2D eigenvalue weighted by molar-refractivity contribution is 0.775. The van der Waals surface area contributed by atoms with Gasteiger partial charge >= 0.3 is 0 Å². The molecule has 0 fully saturated rings. The summed E-state index contributed by atoms with van der Waals surface area (Å²) < 4.78 is 0. The maximum atomic E-state index is 4.42. The van der Waals surface area contributed by atoms with E-state index in [0.717, 1.165) is 42.6 Å². The Morgan fingerprint density at radius 1 is 1.29 bits per heavy atom. The molecule has 5 heteroatoms. The van der Waals surface area contributed by atoms with Crippen molar-refractivity contribution in [3.8, 4) is 0 Å². The van der Waals surface area contributed by atoms with Crippen LogP contribution in [0.5, 0.6) is 0 Å². The molecule has 0 radical (unpaired) electrons. The van der Waals surface area contributed by atoms with Crippen molar-refractivity contribution in [2.75, 3.05) is 20.1 Å². The van der Waals surface area contributed by atoms with E-state index in [0.29, 0.717) is 0 Å². The number of aromatic nitrogens is 1. The predicted molar refractivity (Wildman–Crippen MR) is 74.9 cm³/mol. The fourth-order valence-electron chi connectivity index (χ4n) is 1.56. The number of hydrogen-bond donors (Lipinski definition) is 2. The van der Waals surface area contributed by atoms with E-state index in [1.807, 2.05) is 0 Å². The second-order valence-electron chi connectivity index (χ2n) is 3.92. The highest BCUT2D eigenvalue weighted by atomic mass is 32.1. The molecule has 0 aliphatic heterocycles. The van der Waals surface area contributed by atoms with Crippen LogP contribution in [0, 0.1) is 13.8 Å². The van der Waals surface area contributed by atoms with Gasteiger partial charge in [0.05, 0.1) is 10.7 Å². The van der Waals surface area contributed by atoms with Crippen molar-refractivity contribution in [3.63, 3.8) is 0 Å². The monoisotopic (exact) mass is 254 g/mol. The maximum Gasteiger partial charge on any atom is 0.190 e. The average molecular weight is 254 g/mol. The largest absolute Gasteiger partial charge is 0.356 e. The molecule has 0 atom stereocenters. The van der Waals surface area contributed by atoms with Gasteiger partial charge in [-0.15, -0.1) is 11.3 Å². The average Bonchev–Trinajstić information content (AvgIpc) is 2.62. The molecule has 0 aliphatic rings. The first-order valence-electron chi connectivity index (χ1n) is 6.04. The van der Waals surface area contributed by atoms with Crippen LogP contribution in [0.4, 0.5) is 0 Å². The van der Waals surface area contributed by atoms with E-state index < -0.39 is 0 Å². The topological polar surface area (TPSA) is 49.3 Å². The van der Waals surface area contributed by atoms with Crippen LogP contribution in [-0.4, -0.2) is 31.1 Å². The molecular formula is C12H22N4S. The summed E-state index contributed by atoms with van der Waals surface area (Å²) in [7, 11) is 1.80. The first-order chi connectivity index (χ1) is 8.17. The SMILES string of the molecule is CCCNC(=NC)NCCc1sc(C)nc1C. The Bertz CT molecular complexity index is 371. The Morgan fingerprint density at radius 3 is 2.53 bits per heavy atom. The van der Waals surface area contributed by atoms with Crippen LogP contribution in [0.3, 0.4) is 0 Å². The number of aliphatic imine (C=N–C) groups is 1. The van der Waals surface area contributed by atoms with Gasteiger partial charge in [-0.25, -0.2) is 4.98 Å². The third-order valence-electron chi connectivity index (χ3n) is 2.41. The summed E-state index contributed by atoms with van der Waals surface area (Å²) in [4.78, 5) is 9.95. The van der Waals surface area contributed by atoms with Crippen molar-refractivity contribution >= 4 is 17.3 Å². The number of aryl methyl sites for hydroxylation is 2. The summed E-state index contributed by atoms with van der Waals surface area (Å²) in [6.07, 6.45) is 2.11. The number of nitrogens with one attached hydrogen (secondary N) is 2. The molecule has 0 saturated carbocycles. The standard InChI is InChI=1S/C12H22N4S/c1-5-7-14-12(13-4)15-8-6-11-9(2)16-10(3)17-11/h5-8H2,1-4H3,(H2,13,14,15). The highest BCUT2D eigenvalue weighted by Gasteiger charge is 2.04. The van der Waals surface area contributed by atoms with Crippen molar-refractivity contribution in [2.24, 2.45) is 4.99 Å². The molecule has 17 heavy (non-hydrogen) atoms. The minimum Gasteiger partial charge on any atom is -0.356 e. The molecule has 0 amide bonds. The number of thiazole rings is 1. The summed E-state index contributed by atoms with van der Waals surface area (Å²) >= 11 is 1.78. The fraction of sp³-hybridized carbons (Fsp3) is 0.667. The van der Waals surface area contributed by atoms with Gasteiger partial charge in [0, 0.05) is 31.4 Å². The minimum atomic E-state index is 0.880.